The van der Waals surface area contributed by atoms with E-state index in [0.717, 1.165) is 12.4 Å². The van der Waals surface area contributed by atoms with Crippen LogP contribution in [0.4, 0.5) is 0 Å². The predicted octanol–water partition coefficient (Wildman–Crippen LogP) is 1.76. The van der Waals surface area contributed by atoms with E-state index >= 15 is 0 Å². The fraction of sp³-hybridized carbons (Fsp3) is 0.800. The average molecular weight is 150 g/mol. The van der Waals surface area contributed by atoms with Crippen LogP contribution in [-0.2, 0) is 0 Å². The van der Waals surface area contributed by atoms with E-state index in [9.17, 15) is 0 Å². The minimum Gasteiger partial charge on any atom is -0.282 e. The summed E-state index contributed by atoms with van der Waals surface area (Å²) in [5, 5.41) is 1.73. The highest BCUT2D eigenvalue weighted by Crippen LogP contribution is 2.20. The van der Waals surface area contributed by atoms with Gasteiger partial charge in [-0.15, -0.1) is 23.4 Å². The number of hydrogen-bond donors (Lipinski definition) is 0. The quantitative estimate of drug-likeness (QED) is 0.518. The molecule has 0 amide bonds. The first-order valence-corrected chi connectivity index (χ1v) is 3.98. The Morgan fingerprint density at radius 2 is 2.75 bits per heavy atom. The maximum atomic E-state index is 5.58. The summed E-state index contributed by atoms with van der Waals surface area (Å²) in [5.74, 6) is 0.728. The van der Waals surface area contributed by atoms with E-state index < -0.39 is 0 Å². The predicted molar refractivity (Wildman–Crippen MR) is 40.1 cm³/mol. The maximum absolute atomic E-state index is 5.58. The highest BCUT2D eigenvalue weighted by molar-refractivity contribution is 8.14. The third-order valence-electron chi connectivity index (χ3n) is 1.03. The van der Waals surface area contributed by atoms with Crippen molar-refractivity contribution in [3.05, 3.63) is 0 Å². The van der Waals surface area contributed by atoms with Crippen LogP contribution in [0.1, 0.15) is 6.92 Å². The molecular weight excluding hydrogens is 142 g/mol. The standard InChI is InChI=1S/C5H8ClNS/c1-4-7-3-5(2-6)8-4/h5H,2-3H2,1H3/t5-/m1/s1. The zero-order valence-electron chi connectivity index (χ0n) is 4.72. The molecule has 3 heteroatoms. The van der Waals surface area contributed by atoms with Crippen LogP contribution in [0.2, 0.25) is 0 Å². The topological polar surface area (TPSA) is 12.4 Å². The van der Waals surface area contributed by atoms with Crippen LogP contribution in [0.5, 0.6) is 0 Å². The molecule has 0 fully saturated rings. The lowest BCUT2D eigenvalue weighted by molar-refractivity contribution is 0.982. The van der Waals surface area contributed by atoms with E-state index in [1.165, 1.54) is 5.04 Å². The number of nitrogens with zero attached hydrogens (tertiary/aromatic N) is 1. The first kappa shape index (κ1) is 6.43. The molecule has 46 valence electrons. The Morgan fingerprint density at radius 1 is 2.00 bits per heavy atom. The highest BCUT2D eigenvalue weighted by atomic mass is 35.5. The van der Waals surface area contributed by atoms with Gasteiger partial charge in [-0.2, -0.15) is 0 Å². The second kappa shape index (κ2) is 2.74. The molecule has 1 nitrogen and oxygen atoms in total. The summed E-state index contributed by atoms with van der Waals surface area (Å²) in [5.41, 5.74) is 0. The summed E-state index contributed by atoms with van der Waals surface area (Å²) >= 11 is 7.36. The van der Waals surface area contributed by atoms with Crippen molar-refractivity contribution in [3.63, 3.8) is 0 Å². The van der Waals surface area contributed by atoms with Gasteiger partial charge >= 0.3 is 0 Å². The Labute approximate surface area is 58.5 Å². The molecule has 0 aliphatic carbocycles. The second-order valence-electron chi connectivity index (χ2n) is 1.75. The Hall–Kier alpha value is 0.310. The molecule has 0 unspecified atom stereocenters. The molecule has 0 aromatic carbocycles. The zero-order chi connectivity index (χ0) is 5.98. The molecule has 1 aliphatic rings. The van der Waals surface area contributed by atoms with Gasteiger partial charge in [0.15, 0.2) is 0 Å². The number of alkyl halides is 1. The van der Waals surface area contributed by atoms with E-state index in [-0.39, 0.29) is 0 Å². The molecule has 1 rings (SSSR count). The van der Waals surface area contributed by atoms with Gasteiger partial charge in [-0.05, 0) is 6.92 Å². The van der Waals surface area contributed by atoms with Crippen molar-refractivity contribution in [2.24, 2.45) is 4.99 Å². The monoisotopic (exact) mass is 149 g/mol. The molecule has 0 spiro atoms. The lowest BCUT2D eigenvalue weighted by atomic mass is 10.5. The number of halogens is 1. The zero-order valence-corrected chi connectivity index (χ0v) is 6.30. The van der Waals surface area contributed by atoms with Gasteiger partial charge in [0.25, 0.3) is 0 Å². The summed E-state index contributed by atoms with van der Waals surface area (Å²) in [6.45, 7) is 2.94. The van der Waals surface area contributed by atoms with Crippen molar-refractivity contribution >= 4 is 28.4 Å². The van der Waals surface area contributed by atoms with Gasteiger partial charge in [0.2, 0.25) is 0 Å². The van der Waals surface area contributed by atoms with E-state index in [2.05, 4.69) is 4.99 Å². The lowest BCUT2D eigenvalue weighted by Gasteiger charge is -1.97. The third kappa shape index (κ3) is 1.39. The van der Waals surface area contributed by atoms with Crippen LogP contribution < -0.4 is 0 Å². The van der Waals surface area contributed by atoms with E-state index in [1.807, 2.05) is 6.92 Å². The van der Waals surface area contributed by atoms with E-state index in [4.69, 9.17) is 11.6 Å². The van der Waals surface area contributed by atoms with E-state index in [1.54, 1.807) is 11.8 Å². The first-order chi connectivity index (χ1) is 3.83. The molecule has 0 saturated carbocycles. The molecule has 0 aromatic rings. The Balaban J connectivity index is 2.32. The van der Waals surface area contributed by atoms with Gasteiger partial charge in [-0.3, -0.25) is 4.99 Å². The van der Waals surface area contributed by atoms with Crippen molar-refractivity contribution in [3.8, 4) is 0 Å². The van der Waals surface area contributed by atoms with Crippen LogP contribution in [0.15, 0.2) is 4.99 Å². The lowest BCUT2D eigenvalue weighted by Crippen LogP contribution is -2.03. The smallest absolute Gasteiger partial charge is 0.0649 e. The third-order valence-corrected chi connectivity index (χ3v) is 2.70. The molecule has 0 saturated heterocycles. The fourth-order valence-electron chi connectivity index (χ4n) is 0.626. The van der Waals surface area contributed by atoms with Crippen LogP contribution in [0.3, 0.4) is 0 Å². The molecule has 0 radical (unpaired) electrons. The fourth-order valence-corrected chi connectivity index (χ4v) is 1.76. The van der Waals surface area contributed by atoms with Crippen molar-refractivity contribution < 1.29 is 0 Å². The van der Waals surface area contributed by atoms with Crippen molar-refractivity contribution in [2.75, 3.05) is 12.4 Å². The summed E-state index contributed by atoms with van der Waals surface area (Å²) in [6.07, 6.45) is 0. The molecular formula is C5H8ClNS. The van der Waals surface area contributed by atoms with Crippen LogP contribution in [-0.4, -0.2) is 22.7 Å². The van der Waals surface area contributed by atoms with Crippen LogP contribution >= 0.6 is 23.4 Å². The summed E-state index contributed by atoms with van der Waals surface area (Å²) < 4.78 is 0. The Kier molecular flexibility index (Phi) is 2.20. The van der Waals surface area contributed by atoms with Gasteiger partial charge in [-0.25, -0.2) is 0 Å². The van der Waals surface area contributed by atoms with Crippen LogP contribution in [0, 0.1) is 0 Å². The van der Waals surface area contributed by atoms with Gasteiger partial charge in [0, 0.05) is 11.1 Å². The number of hydrogen-bond acceptors (Lipinski definition) is 2. The summed E-state index contributed by atoms with van der Waals surface area (Å²) in [6, 6.07) is 0. The van der Waals surface area contributed by atoms with Crippen molar-refractivity contribution in [1.29, 1.82) is 0 Å². The Bertz CT molecular complexity index is 113. The minimum absolute atomic E-state index is 0.552. The minimum atomic E-state index is 0.552. The SMILES string of the molecule is CC1=NC[C@@H](CCl)S1. The molecule has 1 heterocycles. The molecule has 8 heavy (non-hydrogen) atoms. The van der Waals surface area contributed by atoms with Crippen molar-refractivity contribution in [2.45, 2.75) is 12.2 Å². The molecule has 0 aromatic heterocycles. The molecule has 1 aliphatic heterocycles. The number of aliphatic imine (C=N–C) groups is 1. The second-order valence-corrected chi connectivity index (χ2v) is 3.56. The molecule has 1 atom stereocenters. The van der Waals surface area contributed by atoms with Gasteiger partial charge in [-0.1, -0.05) is 0 Å². The van der Waals surface area contributed by atoms with Gasteiger partial charge in [0.1, 0.15) is 0 Å². The Morgan fingerprint density at radius 3 is 3.00 bits per heavy atom. The summed E-state index contributed by atoms with van der Waals surface area (Å²) in [4.78, 5) is 4.18. The molecule has 0 N–H and O–H groups in total. The highest BCUT2D eigenvalue weighted by Gasteiger charge is 2.14. The molecule has 0 bridgehead atoms. The number of thioether (sulfide) groups is 1. The van der Waals surface area contributed by atoms with Crippen LogP contribution in [0.25, 0.3) is 0 Å². The average Bonchev–Trinajstić information content (AvgIpc) is 2.14. The summed E-state index contributed by atoms with van der Waals surface area (Å²) in [7, 11) is 0. The largest absolute Gasteiger partial charge is 0.282 e. The van der Waals surface area contributed by atoms with Crippen molar-refractivity contribution in [1.82, 2.24) is 0 Å². The normalized spacial score (nSPS) is 28.2. The first-order valence-electron chi connectivity index (χ1n) is 2.56. The maximum Gasteiger partial charge on any atom is 0.0649 e. The number of rotatable bonds is 1. The van der Waals surface area contributed by atoms with Gasteiger partial charge in [0.05, 0.1) is 11.6 Å². The van der Waals surface area contributed by atoms with Gasteiger partial charge < -0.3 is 0 Å². The van der Waals surface area contributed by atoms with E-state index in [0.29, 0.717) is 5.25 Å².